The summed E-state index contributed by atoms with van der Waals surface area (Å²) < 4.78 is 2.31. The van der Waals surface area contributed by atoms with Crippen molar-refractivity contribution in [3.63, 3.8) is 0 Å². The van der Waals surface area contributed by atoms with Crippen LogP contribution in [0, 0.1) is 6.92 Å². The van der Waals surface area contributed by atoms with E-state index in [2.05, 4.69) is 55.0 Å². The molecule has 0 unspecified atom stereocenters. The van der Waals surface area contributed by atoms with Crippen molar-refractivity contribution in [2.45, 2.75) is 33.2 Å². The molecule has 0 bridgehead atoms. The fourth-order valence-electron chi connectivity index (χ4n) is 2.40. The first-order valence-corrected chi connectivity index (χ1v) is 6.49. The summed E-state index contributed by atoms with van der Waals surface area (Å²) in [5, 5.41) is 4.90. The van der Waals surface area contributed by atoms with Crippen molar-refractivity contribution in [3.05, 3.63) is 35.5 Å². The highest BCUT2D eigenvalue weighted by Gasteiger charge is 2.09. The molecule has 0 radical (unpaired) electrons. The van der Waals surface area contributed by atoms with Crippen LogP contribution in [0.25, 0.3) is 10.9 Å². The lowest BCUT2D eigenvalue weighted by Gasteiger charge is -2.07. The minimum Gasteiger partial charge on any atom is -0.346 e. The predicted molar refractivity (Wildman–Crippen MR) is 74.3 cm³/mol. The number of rotatable bonds is 5. The molecular weight excluding hydrogens is 208 g/mol. The second-order valence-corrected chi connectivity index (χ2v) is 4.68. The van der Waals surface area contributed by atoms with Crippen LogP contribution in [-0.4, -0.2) is 11.1 Å². The maximum absolute atomic E-state index is 3.52. The van der Waals surface area contributed by atoms with Crippen LogP contribution in [0.1, 0.15) is 31.0 Å². The smallest absolute Gasteiger partial charge is 0.0483 e. The number of hydrogen-bond acceptors (Lipinski definition) is 1. The zero-order valence-corrected chi connectivity index (χ0v) is 11.1. The molecule has 0 aliphatic rings. The summed E-state index contributed by atoms with van der Waals surface area (Å²) >= 11 is 0. The number of fused-ring (bicyclic) bond motifs is 1. The normalized spacial score (nSPS) is 11.2. The number of aromatic nitrogens is 1. The first-order chi connectivity index (χ1) is 8.25. The highest BCUT2D eigenvalue weighted by atomic mass is 15.0. The predicted octanol–water partition coefficient (Wildman–Crippen LogP) is 3.38. The van der Waals surface area contributed by atoms with Gasteiger partial charge in [0.25, 0.3) is 0 Å². The van der Waals surface area contributed by atoms with Crippen LogP contribution in [0.3, 0.4) is 0 Å². The second kappa shape index (κ2) is 5.37. The largest absolute Gasteiger partial charge is 0.346 e. The van der Waals surface area contributed by atoms with Gasteiger partial charge in [0.15, 0.2) is 0 Å². The first kappa shape index (κ1) is 12.2. The zero-order valence-electron chi connectivity index (χ0n) is 11.1. The number of benzene rings is 1. The van der Waals surface area contributed by atoms with Gasteiger partial charge in [-0.15, -0.1) is 0 Å². The van der Waals surface area contributed by atoms with Crippen molar-refractivity contribution in [3.8, 4) is 0 Å². The van der Waals surface area contributed by atoms with E-state index < -0.39 is 0 Å². The van der Waals surface area contributed by atoms with E-state index in [1.165, 1.54) is 35.0 Å². The molecule has 0 saturated heterocycles. The lowest BCUT2D eigenvalue weighted by molar-refractivity contribution is 0.620. The molecule has 1 N–H and O–H groups in total. The van der Waals surface area contributed by atoms with E-state index in [0.29, 0.717) is 0 Å². The Bertz CT molecular complexity index is 458. The fraction of sp³-hybridized carbons (Fsp3) is 0.467. The quantitative estimate of drug-likeness (QED) is 0.779. The molecule has 17 heavy (non-hydrogen) atoms. The Hall–Kier alpha value is -1.28. The van der Waals surface area contributed by atoms with Crippen molar-refractivity contribution in [2.24, 2.45) is 7.05 Å². The molecule has 1 heterocycles. The summed E-state index contributed by atoms with van der Waals surface area (Å²) in [4.78, 5) is 0. The van der Waals surface area contributed by atoms with Crippen molar-refractivity contribution in [1.82, 2.24) is 9.88 Å². The summed E-state index contributed by atoms with van der Waals surface area (Å²) in [5.41, 5.74) is 4.15. The van der Waals surface area contributed by atoms with Gasteiger partial charge in [0, 0.05) is 30.2 Å². The summed E-state index contributed by atoms with van der Waals surface area (Å²) in [7, 11) is 2.16. The van der Waals surface area contributed by atoms with Crippen LogP contribution >= 0.6 is 0 Å². The van der Waals surface area contributed by atoms with E-state index in [9.17, 15) is 0 Å². The SMILES string of the molecule is CCCCNCc1c(C)c2ccccc2n1C. The summed E-state index contributed by atoms with van der Waals surface area (Å²) in [6.45, 7) is 6.53. The van der Waals surface area contributed by atoms with E-state index in [1.54, 1.807) is 0 Å². The van der Waals surface area contributed by atoms with E-state index >= 15 is 0 Å². The van der Waals surface area contributed by atoms with E-state index in [0.717, 1.165) is 13.1 Å². The van der Waals surface area contributed by atoms with Gasteiger partial charge in [-0.25, -0.2) is 0 Å². The van der Waals surface area contributed by atoms with E-state index in [4.69, 9.17) is 0 Å². The van der Waals surface area contributed by atoms with Crippen LogP contribution in [0.4, 0.5) is 0 Å². The molecule has 0 atom stereocenters. The molecule has 0 fully saturated rings. The van der Waals surface area contributed by atoms with E-state index in [-0.39, 0.29) is 0 Å². The van der Waals surface area contributed by atoms with Crippen LogP contribution in [-0.2, 0) is 13.6 Å². The van der Waals surface area contributed by atoms with Gasteiger partial charge in [-0.05, 0) is 31.5 Å². The van der Waals surface area contributed by atoms with Gasteiger partial charge in [-0.3, -0.25) is 0 Å². The zero-order chi connectivity index (χ0) is 12.3. The number of nitrogens with zero attached hydrogens (tertiary/aromatic N) is 1. The third-order valence-corrected chi connectivity index (χ3v) is 3.51. The Balaban J connectivity index is 2.22. The van der Waals surface area contributed by atoms with Crippen molar-refractivity contribution in [2.75, 3.05) is 6.54 Å². The van der Waals surface area contributed by atoms with Crippen LogP contribution < -0.4 is 5.32 Å². The van der Waals surface area contributed by atoms with Gasteiger partial charge < -0.3 is 9.88 Å². The minimum absolute atomic E-state index is 0.969. The fourth-order valence-corrected chi connectivity index (χ4v) is 2.40. The summed E-state index contributed by atoms with van der Waals surface area (Å²) in [6.07, 6.45) is 2.50. The lowest BCUT2D eigenvalue weighted by atomic mass is 10.1. The molecule has 0 saturated carbocycles. The van der Waals surface area contributed by atoms with Gasteiger partial charge in [0.1, 0.15) is 0 Å². The third kappa shape index (κ3) is 2.37. The standard InChI is InChI=1S/C15H22N2/c1-4-5-10-16-11-15-12(2)13-8-6-7-9-14(13)17(15)3/h6-9,16H,4-5,10-11H2,1-3H3. The van der Waals surface area contributed by atoms with Crippen LogP contribution in [0.15, 0.2) is 24.3 Å². The molecule has 1 aromatic heterocycles. The van der Waals surface area contributed by atoms with Crippen molar-refractivity contribution >= 4 is 10.9 Å². The molecule has 2 rings (SSSR count). The Labute approximate surface area is 104 Å². The molecular formula is C15H22N2. The van der Waals surface area contributed by atoms with Crippen molar-refractivity contribution < 1.29 is 0 Å². The topological polar surface area (TPSA) is 17.0 Å². The Morgan fingerprint density at radius 2 is 2.00 bits per heavy atom. The van der Waals surface area contributed by atoms with Gasteiger partial charge in [0.05, 0.1) is 0 Å². The molecule has 2 heteroatoms. The molecule has 0 aliphatic heterocycles. The maximum Gasteiger partial charge on any atom is 0.0483 e. The first-order valence-electron chi connectivity index (χ1n) is 6.49. The monoisotopic (exact) mass is 230 g/mol. The second-order valence-electron chi connectivity index (χ2n) is 4.68. The summed E-state index contributed by atoms with van der Waals surface area (Å²) in [6, 6.07) is 8.62. The van der Waals surface area contributed by atoms with Gasteiger partial charge >= 0.3 is 0 Å². The van der Waals surface area contributed by atoms with E-state index in [1.807, 2.05) is 0 Å². The van der Waals surface area contributed by atoms with Crippen LogP contribution in [0.2, 0.25) is 0 Å². The molecule has 2 nitrogen and oxygen atoms in total. The molecule has 1 aromatic carbocycles. The van der Waals surface area contributed by atoms with Gasteiger partial charge in [-0.2, -0.15) is 0 Å². The highest BCUT2D eigenvalue weighted by Crippen LogP contribution is 2.24. The Kier molecular flexibility index (Phi) is 3.85. The lowest BCUT2D eigenvalue weighted by Crippen LogP contribution is -2.17. The molecule has 2 aromatic rings. The molecule has 0 spiro atoms. The van der Waals surface area contributed by atoms with Crippen molar-refractivity contribution in [1.29, 1.82) is 0 Å². The average molecular weight is 230 g/mol. The third-order valence-electron chi connectivity index (χ3n) is 3.51. The number of para-hydroxylation sites is 1. The Morgan fingerprint density at radius 3 is 2.71 bits per heavy atom. The highest BCUT2D eigenvalue weighted by molar-refractivity contribution is 5.85. The summed E-state index contributed by atoms with van der Waals surface area (Å²) in [5.74, 6) is 0. The van der Waals surface area contributed by atoms with Gasteiger partial charge in [-0.1, -0.05) is 31.5 Å². The minimum atomic E-state index is 0.969. The van der Waals surface area contributed by atoms with Crippen LogP contribution in [0.5, 0.6) is 0 Å². The number of hydrogen-bond donors (Lipinski definition) is 1. The molecule has 0 amide bonds. The maximum atomic E-state index is 3.52. The van der Waals surface area contributed by atoms with Gasteiger partial charge in [0.2, 0.25) is 0 Å². The number of nitrogens with one attached hydrogen (secondary N) is 1. The number of unbranched alkanes of at least 4 members (excludes halogenated alkanes) is 1. The molecule has 0 aliphatic carbocycles. The Morgan fingerprint density at radius 1 is 1.24 bits per heavy atom. The average Bonchev–Trinajstić information content (AvgIpc) is 2.60. The molecule has 92 valence electrons. The number of aryl methyl sites for hydroxylation is 2.